The van der Waals surface area contributed by atoms with Gasteiger partial charge in [0.2, 0.25) is 0 Å². The van der Waals surface area contributed by atoms with Crippen LogP contribution < -0.4 is 0 Å². The van der Waals surface area contributed by atoms with Gasteiger partial charge < -0.3 is 4.74 Å². The number of ether oxygens (including phenoxy) is 1. The highest BCUT2D eigenvalue weighted by Crippen LogP contribution is 2.02. The van der Waals surface area contributed by atoms with Crippen molar-refractivity contribution in [3.8, 4) is 0 Å². The summed E-state index contributed by atoms with van der Waals surface area (Å²) in [7, 11) is 0. The zero-order valence-electron chi connectivity index (χ0n) is 8.23. The lowest BCUT2D eigenvalue weighted by Gasteiger charge is -2.00. The zero-order valence-corrected chi connectivity index (χ0v) is 8.23. The Hall–Kier alpha value is -1.71. The quantitative estimate of drug-likeness (QED) is 0.537. The highest BCUT2D eigenvalue weighted by molar-refractivity contribution is 5.92. The van der Waals surface area contributed by atoms with E-state index >= 15 is 0 Å². The van der Waals surface area contributed by atoms with Crippen LogP contribution in [0.4, 0.5) is 0 Å². The van der Waals surface area contributed by atoms with Gasteiger partial charge in [-0.05, 0) is 26.0 Å². The van der Waals surface area contributed by atoms with Crippen LogP contribution in [0.25, 0.3) is 6.08 Å². The van der Waals surface area contributed by atoms with Gasteiger partial charge in [-0.3, -0.25) is 0 Å². The van der Waals surface area contributed by atoms with E-state index in [2.05, 4.69) is 9.97 Å². The lowest BCUT2D eigenvalue weighted by atomic mass is 10.3. The fourth-order valence-electron chi connectivity index (χ4n) is 0.883. The van der Waals surface area contributed by atoms with E-state index in [4.69, 9.17) is 4.74 Å². The monoisotopic (exact) mass is 192 g/mol. The lowest BCUT2D eigenvalue weighted by molar-refractivity contribution is -0.138. The Morgan fingerprint density at radius 2 is 2.14 bits per heavy atom. The zero-order chi connectivity index (χ0) is 10.4. The second-order valence-electron chi connectivity index (χ2n) is 2.65. The van der Waals surface area contributed by atoms with E-state index in [-0.39, 0.29) is 5.97 Å². The van der Waals surface area contributed by atoms with Gasteiger partial charge in [-0.15, -0.1) is 0 Å². The third kappa shape index (κ3) is 2.97. The van der Waals surface area contributed by atoms with Crippen LogP contribution in [0.15, 0.2) is 24.0 Å². The summed E-state index contributed by atoms with van der Waals surface area (Å²) in [6.07, 6.45) is 4.84. The van der Waals surface area contributed by atoms with Gasteiger partial charge in [0.25, 0.3) is 0 Å². The van der Waals surface area contributed by atoms with E-state index in [9.17, 15) is 4.79 Å². The lowest BCUT2D eigenvalue weighted by Crippen LogP contribution is -2.05. The average Bonchev–Trinajstić information content (AvgIpc) is 2.19. The first-order chi connectivity index (χ1) is 6.74. The molecule has 0 amide bonds. The molecule has 0 aliphatic carbocycles. The molecule has 0 fully saturated rings. The van der Waals surface area contributed by atoms with Crippen molar-refractivity contribution in [3.63, 3.8) is 0 Å². The summed E-state index contributed by atoms with van der Waals surface area (Å²) in [5.74, 6) is 0.179. The van der Waals surface area contributed by atoms with E-state index < -0.39 is 0 Å². The van der Waals surface area contributed by atoms with E-state index in [0.717, 1.165) is 0 Å². The van der Waals surface area contributed by atoms with E-state index in [0.29, 0.717) is 18.0 Å². The van der Waals surface area contributed by atoms with Crippen molar-refractivity contribution >= 4 is 12.0 Å². The number of hydrogen-bond donors (Lipinski definition) is 0. The summed E-state index contributed by atoms with van der Waals surface area (Å²) in [5, 5.41) is 0. The number of carbonyl (C=O) groups excluding carboxylic acids is 1. The molecule has 1 heterocycles. The minimum absolute atomic E-state index is 0.333. The predicted octanol–water partition coefficient (Wildman–Crippen LogP) is 1.44. The van der Waals surface area contributed by atoms with Gasteiger partial charge in [-0.1, -0.05) is 0 Å². The number of rotatable bonds is 3. The Balaban J connectivity index is 2.74. The molecule has 4 heteroatoms. The van der Waals surface area contributed by atoms with E-state index in [1.165, 1.54) is 0 Å². The molecule has 0 N–H and O–H groups in total. The molecule has 0 atom stereocenters. The molecular weight excluding hydrogens is 180 g/mol. The van der Waals surface area contributed by atoms with Gasteiger partial charge in [-0.2, -0.15) is 0 Å². The fourth-order valence-corrected chi connectivity index (χ4v) is 0.883. The normalized spacial score (nSPS) is 11.1. The largest absolute Gasteiger partial charge is 0.463 e. The standard InChI is InChI=1S/C10H12N2O2/c1-3-14-10(13)8(2)7-9-11-5-4-6-12-9/h4-7H,3H2,1-2H3/b8-7-. The van der Waals surface area contributed by atoms with Gasteiger partial charge in [0.15, 0.2) is 5.82 Å². The van der Waals surface area contributed by atoms with Crippen molar-refractivity contribution in [2.45, 2.75) is 13.8 Å². The van der Waals surface area contributed by atoms with Crippen LogP contribution in [0.3, 0.4) is 0 Å². The molecule has 1 aromatic heterocycles. The van der Waals surface area contributed by atoms with Crippen LogP contribution in [0.5, 0.6) is 0 Å². The summed E-state index contributed by atoms with van der Waals surface area (Å²) in [6, 6.07) is 1.72. The molecule has 0 saturated carbocycles. The molecular formula is C10H12N2O2. The van der Waals surface area contributed by atoms with Crippen LogP contribution in [0.2, 0.25) is 0 Å². The van der Waals surface area contributed by atoms with E-state index in [1.807, 2.05) is 0 Å². The van der Waals surface area contributed by atoms with Gasteiger partial charge in [0.05, 0.1) is 6.61 Å². The Labute approximate surface area is 82.6 Å². The summed E-state index contributed by atoms with van der Waals surface area (Å²) in [4.78, 5) is 19.1. The number of esters is 1. The highest BCUT2D eigenvalue weighted by atomic mass is 16.5. The van der Waals surface area contributed by atoms with Crippen molar-refractivity contribution in [1.82, 2.24) is 9.97 Å². The molecule has 1 rings (SSSR count). The number of carbonyl (C=O) groups is 1. The number of hydrogen-bond acceptors (Lipinski definition) is 4. The molecule has 74 valence electrons. The van der Waals surface area contributed by atoms with Crippen molar-refractivity contribution in [2.75, 3.05) is 6.61 Å². The number of aromatic nitrogens is 2. The summed E-state index contributed by atoms with van der Waals surface area (Å²) in [5.41, 5.74) is 0.498. The molecule has 0 spiro atoms. The maximum Gasteiger partial charge on any atom is 0.333 e. The Morgan fingerprint density at radius 1 is 1.50 bits per heavy atom. The van der Waals surface area contributed by atoms with Crippen molar-refractivity contribution in [3.05, 3.63) is 29.9 Å². The molecule has 4 nitrogen and oxygen atoms in total. The summed E-state index contributed by atoms with van der Waals surface area (Å²) in [6.45, 7) is 3.82. The molecule has 0 aromatic carbocycles. The maximum atomic E-state index is 11.2. The third-order valence-corrected chi connectivity index (χ3v) is 1.53. The first-order valence-corrected chi connectivity index (χ1v) is 4.36. The molecule has 0 aliphatic rings. The van der Waals surface area contributed by atoms with Crippen molar-refractivity contribution < 1.29 is 9.53 Å². The van der Waals surface area contributed by atoms with Gasteiger partial charge in [0.1, 0.15) is 0 Å². The van der Waals surface area contributed by atoms with Gasteiger partial charge in [0, 0.05) is 18.0 Å². The second-order valence-corrected chi connectivity index (χ2v) is 2.65. The molecule has 1 aromatic rings. The van der Waals surface area contributed by atoms with Crippen molar-refractivity contribution in [2.24, 2.45) is 0 Å². The first kappa shape index (κ1) is 10.4. The minimum Gasteiger partial charge on any atom is -0.463 e. The molecule has 0 radical (unpaired) electrons. The number of nitrogens with zero attached hydrogens (tertiary/aromatic N) is 2. The second kappa shape index (κ2) is 5.11. The minimum atomic E-state index is -0.333. The molecule has 0 unspecified atom stereocenters. The molecule has 0 bridgehead atoms. The van der Waals surface area contributed by atoms with Crippen LogP contribution in [-0.2, 0) is 9.53 Å². The average molecular weight is 192 g/mol. The molecule has 0 aliphatic heterocycles. The van der Waals surface area contributed by atoms with Crippen LogP contribution in [-0.4, -0.2) is 22.5 Å². The topological polar surface area (TPSA) is 52.1 Å². The fraction of sp³-hybridized carbons (Fsp3) is 0.300. The SMILES string of the molecule is CCOC(=O)/C(C)=C\c1ncccn1. The Morgan fingerprint density at radius 3 is 2.71 bits per heavy atom. The third-order valence-electron chi connectivity index (χ3n) is 1.53. The van der Waals surface area contributed by atoms with Crippen molar-refractivity contribution in [1.29, 1.82) is 0 Å². The Kier molecular flexibility index (Phi) is 3.79. The first-order valence-electron chi connectivity index (χ1n) is 4.36. The summed E-state index contributed by atoms with van der Waals surface area (Å²) >= 11 is 0. The smallest absolute Gasteiger partial charge is 0.333 e. The van der Waals surface area contributed by atoms with Gasteiger partial charge in [-0.25, -0.2) is 14.8 Å². The molecule has 14 heavy (non-hydrogen) atoms. The van der Waals surface area contributed by atoms with Gasteiger partial charge >= 0.3 is 5.97 Å². The Bertz CT molecular complexity index is 333. The van der Waals surface area contributed by atoms with Crippen LogP contribution in [0, 0.1) is 0 Å². The maximum absolute atomic E-state index is 11.2. The summed E-state index contributed by atoms with van der Waals surface area (Å²) < 4.78 is 4.81. The van der Waals surface area contributed by atoms with Crippen LogP contribution in [0.1, 0.15) is 19.7 Å². The predicted molar refractivity (Wildman–Crippen MR) is 52.3 cm³/mol. The van der Waals surface area contributed by atoms with Crippen LogP contribution >= 0.6 is 0 Å². The molecule has 0 saturated heterocycles. The highest BCUT2D eigenvalue weighted by Gasteiger charge is 2.04. The van der Waals surface area contributed by atoms with E-state index in [1.54, 1.807) is 38.4 Å².